The molecule has 27 heavy (non-hydrogen) atoms. The molecule has 146 valence electrons. The van der Waals surface area contributed by atoms with Crippen LogP contribution in [-0.4, -0.2) is 59.1 Å². The van der Waals surface area contributed by atoms with Gasteiger partial charge in [-0.1, -0.05) is 60.7 Å². The summed E-state index contributed by atoms with van der Waals surface area (Å²) in [6.07, 6.45) is -6.37. The predicted molar refractivity (Wildman–Crippen MR) is 98.9 cm³/mol. The van der Waals surface area contributed by atoms with Gasteiger partial charge in [0.05, 0.1) is 13.2 Å². The lowest BCUT2D eigenvalue weighted by Gasteiger charge is -2.44. The van der Waals surface area contributed by atoms with Gasteiger partial charge < -0.3 is 29.5 Å². The van der Waals surface area contributed by atoms with Gasteiger partial charge in [-0.3, -0.25) is 0 Å². The van der Waals surface area contributed by atoms with Crippen molar-refractivity contribution >= 4 is 0 Å². The van der Waals surface area contributed by atoms with Crippen molar-refractivity contribution in [1.29, 1.82) is 0 Å². The van der Waals surface area contributed by atoms with Gasteiger partial charge in [-0.25, -0.2) is 0 Å². The third-order valence-electron chi connectivity index (χ3n) is 4.86. The van der Waals surface area contributed by atoms with Crippen molar-refractivity contribution in [1.82, 2.24) is 0 Å². The van der Waals surface area contributed by atoms with Gasteiger partial charge in [-0.2, -0.15) is 0 Å². The van der Waals surface area contributed by atoms with Crippen molar-refractivity contribution in [2.75, 3.05) is 7.11 Å². The first-order chi connectivity index (χ1) is 13.1. The number of benzene rings is 2. The van der Waals surface area contributed by atoms with E-state index in [1.165, 1.54) is 7.11 Å². The van der Waals surface area contributed by atoms with Crippen LogP contribution in [0.5, 0.6) is 0 Å². The molecule has 0 aliphatic heterocycles. The minimum absolute atomic E-state index is 0.220. The Labute approximate surface area is 158 Å². The summed E-state index contributed by atoms with van der Waals surface area (Å²) in [6, 6.07) is 18.9. The monoisotopic (exact) mass is 374 g/mol. The highest BCUT2D eigenvalue weighted by molar-refractivity contribution is 5.15. The molecular weight excluding hydrogens is 348 g/mol. The largest absolute Gasteiger partial charge is 0.387 e. The maximum Gasteiger partial charge on any atom is 0.115 e. The molecule has 6 heteroatoms. The molecule has 2 unspecified atom stereocenters. The molecule has 0 aromatic heterocycles. The van der Waals surface area contributed by atoms with Crippen LogP contribution in [0.15, 0.2) is 60.7 Å². The molecule has 3 rings (SSSR count). The Hall–Kier alpha value is -1.80. The molecule has 0 amide bonds. The average molecular weight is 374 g/mol. The van der Waals surface area contributed by atoms with E-state index in [-0.39, 0.29) is 13.2 Å². The van der Waals surface area contributed by atoms with Crippen LogP contribution in [0.1, 0.15) is 11.1 Å². The van der Waals surface area contributed by atoms with E-state index in [9.17, 15) is 15.3 Å². The fourth-order valence-corrected chi connectivity index (χ4v) is 3.37. The number of aliphatic hydroxyl groups is 3. The van der Waals surface area contributed by atoms with E-state index in [0.717, 1.165) is 11.1 Å². The van der Waals surface area contributed by atoms with E-state index < -0.39 is 36.6 Å². The number of aliphatic hydroxyl groups excluding tert-OH is 3. The molecule has 0 saturated heterocycles. The van der Waals surface area contributed by atoms with E-state index in [1.807, 2.05) is 60.7 Å². The summed E-state index contributed by atoms with van der Waals surface area (Å²) >= 11 is 0. The minimum atomic E-state index is -1.20. The zero-order valence-corrected chi connectivity index (χ0v) is 15.2. The van der Waals surface area contributed by atoms with Crippen molar-refractivity contribution < 1.29 is 29.5 Å². The second-order valence-electron chi connectivity index (χ2n) is 6.69. The molecule has 0 bridgehead atoms. The van der Waals surface area contributed by atoms with Crippen LogP contribution in [0.2, 0.25) is 0 Å². The lowest BCUT2D eigenvalue weighted by Crippen LogP contribution is -2.65. The molecule has 3 N–H and O–H groups in total. The maximum absolute atomic E-state index is 10.7. The lowest BCUT2D eigenvalue weighted by atomic mass is 9.84. The Morgan fingerprint density at radius 3 is 1.37 bits per heavy atom. The van der Waals surface area contributed by atoms with E-state index >= 15 is 0 Å². The molecule has 1 saturated carbocycles. The predicted octanol–water partition coefficient (Wildman–Crippen LogP) is 1.27. The highest BCUT2D eigenvalue weighted by Gasteiger charge is 2.51. The van der Waals surface area contributed by atoms with Crippen molar-refractivity contribution in [3.8, 4) is 0 Å². The van der Waals surface area contributed by atoms with Gasteiger partial charge in [0.25, 0.3) is 0 Å². The summed E-state index contributed by atoms with van der Waals surface area (Å²) in [7, 11) is 1.40. The van der Waals surface area contributed by atoms with Crippen molar-refractivity contribution in [2.45, 2.75) is 49.8 Å². The van der Waals surface area contributed by atoms with Crippen LogP contribution in [0.25, 0.3) is 0 Å². The number of rotatable bonds is 7. The molecule has 1 aliphatic carbocycles. The molecule has 1 aliphatic rings. The Kier molecular flexibility index (Phi) is 6.95. The van der Waals surface area contributed by atoms with Crippen molar-refractivity contribution in [2.24, 2.45) is 0 Å². The molecule has 6 nitrogen and oxygen atoms in total. The third kappa shape index (κ3) is 4.73. The fourth-order valence-electron chi connectivity index (χ4n) is 3.37. The molecule has 0 heterocycles. The molecule has 2 aromatic rings. The quantitative estimate of drug-likeness (QED) is 0.676. The second kappa shape index (κ2) is 9.41. The van der Waals surface area contributed by atoms with Gasteiger partial charge in [-0.05, 0) is 11.1 Å². The smallest absolute Gasteiger partial charge is 0.115 e. The Bertz CT molecular complexity index is 622. The molecule has 0 radical (unpaired) electrons. The van der Waals surface area contributed by atoms with Gasteiger partial charge in [-0.15, -0.1) is 0 Å². The average Bonchev–Trinajstić information content (AvgIpc) is 2.69. The van der Waals surface area contributed by atoms with Gasteiger partial charge in [0.2, 0.25) is 0 Å². The van der Waals surface area contributed by atoms with Crippen LogP contribution >= 0.6 is 0 Å². The van der Waals surface area contributed by atoms with Crippen LogP contribution in [-0.2, 0) is 27.4 Å². The number of methoxy groups -OCH3 is 1. The summed E-state index contributed by atoms with van der Waals surface area (Å²) in [5, 5.41) is 31.8. The van der Waals surface area contributed by atoms with E-state index in [1.54, 1.807) is 0 Å². The number of hydrogen-bond acceptors (Lipinski definition) is 6. The third-order valence-corrected chi connectivity index (χ3v) is 4.86. The fraction of sp³-hybridized carbons (Fsp3) is 0.429. The summed E-state index contributed by atoms with van der Waals surface area (Å²) < 4.78 is 16.8. The van der Waals surface area contributed by atoms with Crippen LogP contribution in [0.3, 0.4) is 0 Å². The normalized spacial score (nSPS) is 31.0. The first kappa shape index (κ1) is 19.9. The van der Waals surface area contributed by atoms with E-state index in [4.69, 9.17) is 14.2 Å². The highest BCUT2D eigenvalue weighted by Crippen LogP contribution is 2.29. The second-order valence-corrected chi connectivity index (χ2v) is 6.69. The van der Waals surface area contributed by atoms with Gasteiger partial charge in [0, 0.05) is 7.11 Å². The Morgan fingerprint density at radius 2 is 1.00 bits per heavy atom. The van der Waals surface area contributed by atoms with Crippen molar-refractivity contribution in [3.05, 3.63) is 71.8 Å². The topological polar surface area (TPSA) is 88.4 Å². The van der Waals surface area contributed by atoms with Crippen LogP contribution in [0, 0.1) is 0 Å². The summed E-state index contributed by atoms with van der Waals surface area (Å²) in [5.74, 6) is 0. The lowest BCUT2D eigenvalue weighted by molar-refractivity contribution is -0.255. The van der Waals surface area contributed by atoms with Gasteiger partial charge in [0.15, 0.2) is 0 Å². The van der Waals surface area contributed by atoms with Gasteiger partial charge in [0.1, 0.15) is 36.6 Å². The van der Waals surface area contributed by atoms with Gasteiger partial charge >= 0.3 is 0 Å². The van der Waals surface area contributed by atoms with E-state index in [2.05, 4.69) is 0 Å². The van der Waals surface area contributed by atoms with Crippen molar-refractivity contribution in [3.63, 3.8) is 0 Å². The van der Waals surface area contributed by atoms with Crippen LogP contribution < -0.4 is 0 Å². The zero-order valence-electron chi connectivity index (χ0n) is 15.2. The zero-order chi connectivity index (χ0) is 19.2. The summed E-state index contributed by atoms with van der Waals surface area (Å²) in [5.41, 5.74) is 1.83. The first-order valence-electron chi connectivity index (χ1n) is 9.00. The molecule has 0 spiro atoms. The SMILES string of the molecule is COC1[C@@H](O)[C@H](OCc2ccccc2)C(O)[C@H](OCc2ccccc2)[C@H]1O. The Morgan fingerprint density at radius 1 is 0.630 bits per heavy atom. The molecule has 6 atom stereocenters. The minimum Gasteiger partial charge on any atom is -0.387 e. The van der Waals surface area contributed by atoms with Crippen LogP contribution in [0.4, 0.5) is 0 Å². The number of ether oxygens (including phenoxy) is 3. The van der Waals surface area contributed by atoms with E-state index in [0.29, 0.717) is 0 Å². The Balaban J connectivity index is 1.70. The number of hydrogen-bond donors (Lipinski definition) is 3. The molecular formula is C21H26O6. The first-order valence-corrected chi connectivity index (χ1v) is 9.00. The summed E-state index contributed by atoms with van der Waals surface area (Å²) in [4.78, 5) is 0. The maximum atomic E-state index is 10.7. The summed E-state index contributed by atoms with van der Waals surface area (Å²) in [6.45, 7) is 0.440. The standard InChI is InChI=1S/C21H26O6/c1-25-19-16(22)20(26-12-14-8-4-2-5-9-14)18(24)21(17(19)23)27-13-15-10-6-3-7-11-15/h2-11,16-24H,12-13H2,1H3/t16-,17+,18?,19?,20+,21-. The molecule has 1 fully saturated rings. The molecule has 2 aromatic carbocycles. The highest BCUT2D eigenvalue weighted by atomic mass is 16.6.